The van der Waals surface area contributed by atoms with E-state index in [1.54, 1.807) is 6.07 Å². The average molecular weight is 277 g/mol. The lowest BCUT2D eigenvalue weighted by atomic mass is 10.0. The number of phenolic OH excluding ortho intramolecular Hbond substituents is 1. The van der Waals surface area contributed by atoms with E-state index in [1.165, 1.54) is 12.8 Å². The summed E-state index contributed by atoms with van der Waals surface area (Å²) in [6, 6.07) is 3.35. The molecule has 0 saturated heterocycles. The number of ketones is 1. The molecule has 1 aromatic rings. The number of anilines is 1. The van der Waals surface area contributed by atoms with Crippen LogP contribution in [0.4, 0.5) is 5.69 Å². The van der Waals surface area contributed by atoms with Gasteiger partial charge in [-0.05, 0) is 19.8 Å². The molecule has 0 aromatic heterocycles. The third-order valence-corrected chi connectivity index (χ3v) is 3.59. The third-order valence-electron chi connectivity index (χ3n) is 3.59. The van der Waals surface area contributed by atoms with Crippen LogP contribution in [0.15, 0.2) is 12.1 Å². The van der Waals surface area contributed by atoms with Crippen molar-refractivity contribution < 1.29 is 14.6 Å². The number of rotatable bonds is 6. The Labute approximate surface area is 120 Å². The van der Waals surface area contributed by atoms with Crippen LogP contribution in [0, 0.1) is 0 Å². The number of carbonyl (C=O) groups excluding carboxylic acids is 1. The van der Waals surface area contributed by atoms with Crippen molar-refractivity contribution in [1.29, 1.82) is 0 Å². The lowest BCUT2D eigenvalue weighted by molar-refractivity contribution is 0.0981. The van der Waals surface area contributed by atoms with Crippen LogP contribution in [-0.4, -0.2) is 23.5 Å². The highest BCUT2D eigenvalue weighted by molar-refractivity contribution is 6.05. The summed E-state index contributed by atoms with van der Waals surface area (Å²) in [4.78, 5) is 11.8. The molecule has 0 aliphatic carbocycles. The predicted molar refractivity (Wildman–Crippen MR) is 79.8 cm³/mol. The quantitative estimate of drug-likeness (QED) is 0.778. The molecule has 1 heterocycles. The van der Waals surface area contributed by atoms with Crippen LogP contribution >= 0.6 is 0 Å². The topological polar surface area (TPSA) is 58.6 Å². The van der Waals surface area contributed by atoms with Gasteiger partial charge in [0.1, 0.15) is 11.5 Å². The molecule has 20 heavy (non-hydrogen) atoms. The smallest absolute Gasteiger partial charge is 0.170 e. The predicted octanol–water partition coefficient (Wildman–Crippen LogP) is 3.74. The summed E-state index contributed by atoms with van der Waals surface area (Å²) in [5, 5.41) is 13.1. The molecule has 2 rings (SSSR count). The first-order chi connectivity index (χ1) is 9.61. The Balaban J connectivity index is 2.06. The van der Waals surface area contributed by atoms with Gasteiger partial charge in [-0.25, -0.2) is 0 Å². The first-order valence-corrected chi connectivity index (χ1v) is 7.42. The largest absolute Gasteiger partial charge is 0.507 e. The van der Waals surface area contributed by atoms with Gasteiger partial charge in [0.25, 0.3) is 0 Å². The van der Waals surface area contributed by atoms with E-state index in [2.05, 4.69) is 12.2 Å². The SMILES string of the molecule is CCCCCC(C)Oc1cc(O)c2c(c1)NCCC2=O. The minimum absolute atomic E-state index is 0.00968. The van der Waals surface area contributed by atoms with Crippen molar-refractivity contribution in [3.63, 3.8) is 0 Å². The number of carbonyl (C=O) groups is 1. The molecule has 4 heteroatoms. The van der Waals surface area contributed by atoms with Gasteiger partial charge in [0.2, 0.25) is 0 Å². The Bertz CT molecular complexity index is 485. The molecule has 110 valence electrons. The van der Waals surface area contributed by atoms with Crippen LogP contribution in [0.3, 0.4) is 0 Å². The lowest BCUT2D eigenvalue weighted by Gasteiger charge is -2.21. The second-order valence-electron chi connectivity index (χ2n) is 5.39. The van der Waals surface area contributed by atoms with E-state index in [9.17, 15) is 9.90 Å². The number of ether oxygens (including phenoxy) is 1. The summed E-state index contributed by atoms with van der Waals surface area (Å²) >= 11 is 0. The average Bonchev–Trinajstić information content (AvgIpc) is 2.38. The summed E-state index contributed by atoms with van der Waals surface area (Å²) in [6.45, 7) is 4.82. The number of benzene rings is 1. The Morgan fingerprint density at radius 3 is 2.95 bits per heavy atom. The van der Waals surface area contributed by atoms with Crippen molar-refractivity contribution in [3.8, 4) is 11.5 Å². The molecule has 4 nitrogen and oxygen atoms in total. The van der Waals surface area contributed by atoms with Crippen molar-refractivity contribution in [1.82, 2.24) is 0 Å². The molecular weight excluding hydrogens is 254 g/mol. The summed E-state index contributed by atoms with van der Waals surface area (Å²) in [5.41, 5.74) is 1.07. The first-order valence-electron chi connectivity index (χ1n) is 7.42. The summed E-state index contributed by atoms with van der Waals surface area (Å²) in [7, 11) is 0. The van der Waals surface area contributed by atoms with E-state index >= 15 is 0 Å². The van der Waals surface area contributed by atoms with E-state index in [0.717, 1.165) is 12.8 Å². The van der Waals surface area contributed by atoms with Gasteiger partial charge in [-0.1, -0.05) is 19.8 Å². The molecule has 0 spiro atoms. The van der Waals surface area contributed by atoms with Crippen LogP contribution < -0.4 is 10.1 Å². The van der Waals surface area contributed by atoms with Crippen molar-refractivity contribution in [3.05, 3.63) is 17.7 Å². The third kappa shape index (κ3) is 3.44. The fraction of sp³-hybridized carbons (Fsp3) is 0.562. The second kappa shape index (κ2) is 6.64. The summed E-state index contributed by atoms with van der Waals surface area (Å²) < 4.78 is 5.83. The van der Waals surface area contributed by atoms with Crippen molar-refractivity contribution in [2.24, 2.45) is 0 Å². The van der Waals surface area contributed by atoms with Crippen LogP contribution in [0.2, 0.25) is 0 Å². The molecule has 0 radical (unpaired) electrons. The maximum absolute atomic E-state index is 11.8. The minimum atomic E-state index is -0.0150. The maximum Gasteiger partial charge on any atom is 0.170 e. The Morgan fingerprint density at radius 2 is 2.20 bits per heavy atom. The van der Waals surface area contributed by atoms with Crippen molar-refractivity contribution >= 4 is 11.5 Å². The van der Waals surface area contributed by atoms with Gasteiger partial charge in [0.05, 0.1) is 17.4 Å². The lowest BCUT2D eigenvalue weighted by Crippen LogP contribution is -2.18. The molecule has 2 N–H and O–H groups in total. The van der Waals surface area contributed by atoms with Gasteiger partial charge in [-0.3, -0.25) is 4.79 Å². The molecule has 0 bridgehead atoms. The fourth-order valence-electron chi connectivity index (χ4n) is 2.51. The highest BCUT2D eigenvalue weighted by Crippen LogP contribution is 2.35. The highest BCUT2D eigenvalue weighted by Gasteiger charge is 2.22. The van der Waals surface area contributed by atoms with Gasteiger partial charge in [-0.2, -0.15) is 0 Å². The normalized spacial score (nSPS) is 15.4. The van der Waals surface area contributed by atoms with Crippen LogP contribution in [-0.2, 0) is 0 Å². The number of hydrogen-bond donors (Lipinski definition) is 2. The number of fused-ring (bicyclic) bond motifs is 1. The Hall–Kier alpha value is -1.71. The molecule has 1 aliphatic rings. The number of phenols is 1. The Morgan fingerprint density at radius 1 is 1.40 bits per heavy atom. The molecule has 0 saturated carbocycles. The number of unbranched alkanes of at least 4 members (excludes halogenated alkanes) is 2. The molecular formula is C16H23NO3. The van der Waals surface area contributed by atoms with E-state index in [4.69, 9.17) is 4.74 Å². The monoisotopic (exact) mass is 277 g/mol. The number of nitrogens with one attached hydrogen (secondary N) is 1. The van der Waals surface area contributed by atoms with Crippen molar-refractivity contribution in [2.75, 3.05) is 11.9 Å². The number of Topliss-reactive ketones (excluding diaryl/α,β-unsaturated/α-hetero) is 1. The van der Waals surface area contributed by atoms with E-state index < -0.39 is 0 Å². The second-order valence-corrected chi connectivity index (χ2v) is 5.39. The van der Waals surface area contributed by atoms with E-state index in [1.807, 2.05) is 13.0 Å². The number of aromatic hydroxyl groups is 1. The molecule has 1 aromatic carbocycles. The maximum atomic E-state index is 11.8. The minimum Gasteiger partial charge on any atom is -0.507 e. The molecule has 1 unspecified atom stereocenters. The summed E-state index contributed by atoms with van der Waals surface area (Å²) in [6.07, 6.45) is 5.08. The number of hydrogen-bond acceptors (Lipinski definition) is 4. The van der Waals surface area contributed by atoms with Gasteiger partial charge in [0.15, 0.2) is 5.78 Å². The Kier molecular flexibility index (Phi) is 4.88. The van der Waals surface area contributed by atoms with Gasteiger partial charge >= 0.3 is 0 Å². The zero-order valence-electron chi connectivity index (χ0n) is 12.2. The zero-order valence-corrected chi connectivity index (χ0v) is 12.2. The van der Waals surface area contributed by atoms with Crippen LogP contribution in [0.25, 0.3) is 0 Å². The van der Waals surface area contributed by atoms with Gasteiger partial charge in [-0.15, -0.1) is 0 Å². The van der Waals surface area contributed by atoms with Crippen molar-refractivity contribution in [2.45, 2.75) is 52.1 Å². The standard InChI is InChI=1S/C16H23NO3/c1-3-4-5-6-11(2)20-12-9-13-16(15(19)10-12)14(18)7-8-17-13/h9-11,17,19H,3-8H2,1-2H3. The van der Waals surface area contributed by atoms with Gasteiger partial charge < -0.3 is 15.2 Å². The molecule has 0 fully saturated rings. The summed E-state index contributed by atoms with van der Waals surface area (Å²) in [5.74, 6) is 0.613. The van der Waals surface area contributed by atoms with Crippen LogP contribution in [0.5, 0.6) is 11.5 Å². The molecule has 1 aliphatic heterocycles. The fourth-order valence-corrected chi connectivity index (χ4v) is 2.51. The van der Waals surface area contributed by atoms with E-state index in [0.29, 0.717) is 30.0 Å². The van der Waals surface area contributed by atoms with Gasteiger partial charge in [0, 0.05) is 25.1 Å². The van der Waals surface area contributed by atoms with Crippen LogP contribution in [0.1, 0.15) is 56.3 Å². The molecule has 0 amide bonds. The first kappa shape index (κ1) is 14.7. The highest BCUT2D eigenvalue weighted by atomic mass is 16.5. The zero-order chi connectivity index (χ0) is 14.5. The molecule has 1 atom stereocenters. The van der Waals surface area contributed by atoms with E-state index in [-0.39, 0.29) is 17.6 Å².